The third kappa shape index (κ3) is 32.3. The van der Waals surface area contributed by atoms with Gasteiger partial charge in [0.1, 0.15) is 0 Å². The number of unbranched alkanes of at least 4 members (excludes halogenated alkanes) is 1. The molecule has 11 aromatic rings. The van der Waals surface area contributed by atoms with E-state index >= 15 is 0 Å². The molecule has 32 heteroatoms. The standard InChI is InChI=1S/C24H23NO5S.C20H22O3.2C18H20N2O5S.C17H16N2O4/c1-25(31(29,30)17-18-8-3-2-4-9-18)16-20-11-7-10-19(14-20)15-23(26)21-12-5-6-13-22(21)24(27)28;1-3-4-5-15-7-9-16(10-8-15)13-19(21)18-12-14(2)6-11-17(18)20(22)23;1-3-20(26(2,24)25)12-13-7-6-8-14(11-13)19-17(21)15-9-4-5-10-16(15)18(22)23;1-3-26(24,25)20(2)12-13-7-6-8-14(11-13)19-17(21)15-9-4-5-10-16(15)18(22)23;18-15(20)10-7-11-5-8-12(9-6-11)19-16(21)13-3-1-2-4-14(13)17(22)23/h2-14H,15-17H2,1H3,(H,27,28);6-12H,3-5,13H2,1-2H3,(H,22,23);2*4-11H,3,12H2,1-2H3,(H,19,21)(H,22,23);1-6,8-9H,7,10H2,(H2,18,20)(H,19,21)(H,22,23). The van der Waals surface area contributed by atoms with Crippen molar-refractivity contribution in [2.24, 2.45) is 5.73 Å². The van der Waals surface area contributed by atoms with Crippen molar-refractivity contribution in [3.8, 4) is 0 Å². The number of benzene rings is 11. The molecule has 674 valence electrons. The Hall–Kier alpha value is -14.3. The molecule has 29 nitrogen and oxygen atoms in total. The molecule has 0 aliphatic heterocycles. The first-order chi connectivity index (χ1) is 61.2. The van der Waals surface area contributed by atoms with Crippen LogP contribution in [0.15, 0.2) is 267 Å². The van der Waals surface area contributed by atoms with Gasteiger partial charge in [0.25, 0.3) is 17.7 Å². The Morgan fingerprint density at radius 2 is 0.698 bits per heavy atom. The van der Waals surface area contributed by atoms with Crippen molar-refractivity contribution in [2.75, 3.05) is 48.6 Å². The number of hydrogen-bond donors (Lipinski definition) is 9. The normalized spacial score (nSPS) is 11.0. The third-order valence-electron chi connectivity index (χ3n) is 19.7. The summed E-state index contributed by atoms with van der Waals surface area (Å²) in [6, 6.07) is 73.4. The van der Waals surface area contributed by atoms with Gasteiger partial charge in [-0.2, -0.15) is 4.31 Å². The zero-order valence-electron chi connectivity index (χ0n) is 71.9. The number of carbonyl (C=O) groups excluding carboxylic acids is 6. The number of hydrogen-bond acceptors (Lipinski definition) is 17. The number of primary amides is 1. The molecule has 0 bridgehead atoms. The number of ketones is 2. The highest BCUT2D eigenvalue weighted by atomic mass is 32.2. The van der Waals surface area contributed by atoms with Crippen LogP contribution in [0, 0.1) is 6.92 Å². The summed E-state index contributed by atoms with van der Waals surface area (Å²) < 4.78 is 76.3. The van der Waals surface area contributed by atoms with Crippen molar-refractivity contribution in [1.82, 2.24) is 12.9 Å². The van der Waals surface area contributed by atoms with E-state index in [1.807, 2.05) is 37.3 Å². The van der Waals surface area contributed by atoms with Crippen LogP contribution in [0.25, 0.3) is 0 Å². The second-order valence-electron chi connectivity index (χ2n) is 29.5. The van der Waals surface area contributed by atoms with Crippen LogP contribution < -0.4 is 21.7 Å². The van der Waals surface area contributed by atoms with Gasteiger partial charge in [0.15, 0.2) is 11.6 Å². The molecule has 0 heterocycles. The number of amides is 4. The maximum atomic E-state index is 12.7. The molecule has 0 spiro atoms. The molecule has 0 saturated carbocycles. The van der Waals surface area contributed by atoms with Crippen LogP contribution in [0.2, 0.25) is 0 Å². The molecule has 129 heavy (non-hydrogen) atoms. The van der Waals surface area contributed by atoms with E-state index in [0.29, 0.717) is 52.3 Å². The summed E-state index contributed by atoms with van der Waals surface area (Å²) in [5.74, 6) is -8.24. The van der Waals surface area contributed by atoms with Crippen LogP contribution >= 0.6 is 0 Å². The van der Waals surface area contributed by atoms with Gasteiger partial charge in [-0.3, -0.25) is 28.8 Å². The summed E-state index contributed by atoms with van der Waals surface area (Å²) >= 11 is 0. The van der Waals surface area contributed by atoms with E-state index in [1.54, 1.807) is 196 Å². The molecule has 11 aromatic carbocycles. The van der Waals surface area contributed by atoms with E-state index < -0.39 is 77.6 Å². The lowest BCUT2D eigenvalue weighted by Crippen LogP contribution is -2.29. The SMILES string of the molecule is CCCCc1ccc(CC(=O)c2cc(C)ccc2C(=O)O)cc1.CCN(Cc1cccc(NC(=O)c2ccccc2C(=O)O)c1)S(C)(=O)=O.CCS(=O)(=O)N(C)Cc1cccc(NC(=O)c2ccccc2C(=O)O)c1.CN(Cc1cccc(CC(=O)c2ccccc2C(=O)O)c1)S(=O)(=O)Cc1ccccc1.NC(=O)CCc1ccc(NC(=O)c2ccccc2C(=O)O)cc1. The van der Waals surface area contributed by atoms with Crippen LogP contribution in [0.4, 0.5) is 17.1 Å². The number of anilines is 3. The van der Waals surface area contributed by atoms with Crippen LogP contribution in [0.5, 0.6) is 0 Å². The number of nitrogens with one attached hydrogen (secondary N) is 3. The summed E-state index contributed by atoms with van der Waals surface area (Å²) in [7, 11) is -7.12. The van der Waals surface area contributed by atoms with E-state index in [4.69, 9.17) is 10.8 Å². The smallest absolute Gasteiger partial charge is 0.336 e. The van der Waals surface area contributed by atoms with Crippen molar-refractivity contribution < 1.29 is 104 Å². The topological polar surface area (TPSA) is 463 Å². The van der Waals surface area contributed by atoms with Crippen LogP contribution in [-0.2, 0) is 85.9 Å². The maximum Gasteiger partial charge on any atom is 0.336 e. The minimum atomic E-state index is -3.50. The number of aryl methyl sites for hydroxylation is 3. The number of sulfonamides is 3. The highest BCUT2D eigenvalue weighted by Gasteiger charge is 2.25. The molecule has 4 amide bonds. The molecule has 0 aliphatic carbocycles. The van der Waals surface area contributed by atoms with E-state index in [0.717, 1.165) is 47.8 Å². The molecule has 0 aromatic heterocycles. The quantitative estimate of drug-likeness (QED) is 0.0165. The zero-order valence-corrected chi connectivity index (χ0v) is 74.4. The fraction of sp³-hybridized carbons (Fsp3) is 0.206. The van der Waals surface area contributed by atoms with Gasteiger partial charge in [-0.05, 0) is 169 Å². The number of carbonyl (C=O) groups is 11. The minimum Gasteiger partial charge on any atom is -0.478 e. The predicted molar refractivity (Wildman–Crippen MR) is 492 cm³/mol. The Morgan fingerprint density at radius 3 is 1.14 bits per heavy atom. The van der Waals surface area contributed by atoms with Gasteiger partial charge in [0.2, 0.25) is 36.0 Å². The Kier molecular flexibility index (Phi) is 38.7. The van der Waals surface area contributed by atoms with E-state index in [1.165, 1.54) is 87.2 Å². The largest absolute Gasteiger partial charge is 0.478 e. The zero-order chi connectivity index (χ0) is 94.7. The van der Waals surface area contributed by atoms with Crippen molar-refractivity contribution in [3.05, 3.63) is 373 Å². The summed E-state index contributed by atoms with van der Waals surface area (Å²) in [6.07, 6.45) is 5.55. The van der Waals surface area contributed by atoms with E-state index in [2.05, 4.69) is 22.9 Å². The van der Waals surface area contributed by atoms with Gasteiger partial charge in [0, 0.05) is 87.7 Å². The predicted octanol–water partition coefficient (Wildman–Crippen LogP) is 15.1. The first-order valence-electron chi connectivity index (χ1n) is 40.4. The molecule has 0 fully saturated rings. The molecule has 0 saturated heterocycles. The number of rotatable bonds is 36. The number of nitrogens with two attached hydrogens (primary N) is 1. The summed E-state index contributed by atoms with van der Waals surface area (Å²) in [5, 5.41) is 54.0. The number of aromatic carboxylic acids is 5. The summed E-state index contributed by atoms with van der Waals surface area (Å²) in [6.45, 7) is 8.19. The first-order valence-corrected chi connectivity index (χ1v) is 45.5. The number of nitrogens with zero attached hydrogens (tertiary/aromatic N) is 3. The Labute approximate surface area is 749 Å². The van der Waals surface area contributed by atoms with Gasteiger partial charge in [-0.15, -0.1) is 0 Å². The van der Waals surface area contributed by atoms with Crippen molar-refractivity contribution in [3.63, 3.8) is 0 Å². The van der Waals surface area contributed by atoms with Crippen molar-refractivity contribution in [2.45, 2.75) is 98.0 Å². The van der Waals surface area contributed by atoms with Gasteiger partial charge in [0.05, 0.1) is 62.3 Å². The molecule has 11 rings (SSSR count). The second-order valence-corrected chi connectivity index (χ2v) is 35.9. The molecule has 0 atom stereocenters. The molecule has 0 unspecified atom stereocenters. The van der Waals surface area contributed by atoms with Crippen LogP contribution in [0.1, 0.15) is 194 Å². The molecule has 0 aliphatic rings. The van der Waals surface area contributed by atoms with E-state index in [-0.39, 0.29) is 124 Å². The monoisotopic (exact) mass is 1810 g/mol. The molecule has 0 radical (unpaired) electrons. The molecular formula is C97H101N7O22S3. The highest BCUT2D eigenvalue weighted by Crippen LogP contribution is 2.24. The van der Waals surface area contributed by atoms with E-state index in [9.17, 15) is 98.4 Å². The third-order valence-corrected chi connectivity index (χ3v) is 24.6. The number of Topliss-reactive ketones (excluding diaryl/α,β-unsaturated/α-hetero) is 2. The van der Waals surface area contributed by atoms with Gasteiger partial charge >= 0.3 is 29.8 Å². The second kappa shape index (κ2) is 49.0. The number of carboxylic acid groups (broad SMARTS) is 5. The highest BCUT2D eigenvalue weighted by molar-refractivity contribution is 7.89. The fourth-order valence-corrected chi connectivity index (χ4v) is 15.6. The van der Waals surface area contributed by atoms with Crippen LogP contribution in [0.3, 0.4) is 0 Å². The molecular weight excluding hydrogens is 1710 g/mol. The Balaban J connectivity index is 0.000000222. The number of carboxylic acids is 5. The molecule has 10 N–H and O–H groups in total. The summed E-state index contributed by atoms with van der Waals surface area (Å²) in [5.41, 5.74) is 14.5. The van der Waals surface area contributed by atoms with Crippen LogP contribution in [-0.4, -0.2) is 161 Å². The van der Waals surface area contributed by atoms with Gasteiger partial charge < -0.3 is 47.2 Å². The first kappa shape index (κ1) is 102. The average molecular weight is 1810 g/mol. The lowest BCUT2D eigenvalue weighted by molar-refractivity contribution is -0.118. The van der Waals surface area contributed by atoms with Gasteiger partial charge in [-0.25, -0.2) is 57.8 Å². The maximum absolute atomic E-state index is 12.7. The Morgan fingerprint density at radius 1 is 0.341 bits per heavy atom. The lowest BCUT2D eigenvalue weighted by atomic mass is 9.96. The van der Waals surface area contributed by atoms with Crippen molar-refractivity contribution >= 4 is 112 Å². The fourth-order valence-electron chi connectivity index (χ4n) is 12.8. The summed E-state index contributed by atoms with van der Waals surface area (Å²) in [4.78, 5) is 129. The lowest BCUT2D eigenvalue weighted by Gasteiger charge is -2.18. The minimum absolute atomic E-state index is 0.00585. The Bertz CT molecular complexity index is 6210. The average Bonchev–Trinajstić information content (AvgIpc) is 0.835. The van der Waals surface area contributed by atoms with Crippen molar-refractivity contribution in [1.29, 1.82) is 0 Å². The van der Waals surface area contributed by atoms with Gasteiger partial charge in [-0.1, -0.05) is 202 Å².